The predicted molar refractivity (Wildman–Crippen MR) is 87.2 cm³/mol. The minimum Gasteiger partial charge on any atom is -0.399 e. The zero-order valence-corrected chi connectivity index (χ0v) is 14.4. The molecule has 24 heavy (non-hydrogen) atoms. The Balaban J connectivity index is 1.89. The van der Waals surface area contributed by atoms with Gasteiger partial charge in [-0.2, -0.15) is 0 Å². The Hall–Kier alpha value is -1.47. The number of nitrogens with one attached hydrogen (secondary N) is 1. The maximum Gasteiger partial charge on any atom is 0.497 e. The lowest BCUT2D eigenvalue weighted by Crippen LogP contribution is -2.41. The van der Waals surface area contributed by atoms with Crippen molar-refractivity contribution in [3.05, 3.63) is 29.3 Å². The Bertz CT molecular complexity index is 658. The lowest BCUT2D eigenvalue weighted by molar-refractivity contribution is 0.00578. The molecule has 4 nitrogen and oxygen atoms in total. The Morgan fingerprint density at radius 2 is 1.71 bits per heavy atom. The van der Waals surface area contributed by atoms with E-state index in [1.807, 2.05) is 27.7 Å². The van der Waals surface area contributed by atoms with Crippen molar-refractivity contribution in [3.8, 4) is 0 Å². The predicted octanol–water partition coefficient (Wildman–Crippen LogP) is 2.55. The first kappa shape index (κ1) is 17.4. The van der Waals surface area contributed by atoms with Crippen LogP contribution in [0.1, 0.15) is 57.3 Å². The largest absolute Gasteiger partial charge is 0.497 e. The Morgan fingerprint density at radius 1 is 1.12 bits per heavy atom. The second-order valence-electron chi connectivity index (χ2n) is 7.54. The van der Waals surface area contributed by atoms with E-state index in [0.717, 1.165) is 25.3 Å². The van der Waals surface area contributed by atoms with Crippen molar-refractivity contribution in [1.82, 2.24) is 5.32 Å². The third-order valence-corrected chi connectivity index (χ3v) is 5.28. The number of rotatable bonds is 3. The van der Waals surface area contributed by atoms with Gasteiger partial charge in [-0.1, -0.05) is 0 Å². The van der Waals surface area contributed by atoms with Crippen molar-refractivity contribution in [3.63, 3.8) is 0 Å². The fraction of sp³-hybridized carbons (Fsp3) is 0.588. The van der Waals surface area contributed by atoms with Gasteiger partial charge in [0.15, 0.2) is 0 Å². The molecule has 130 valence electrons. The van der Waals surface area contributed by atoms with E-state index < -0.39 is 35.9 Å². The molecular formula is C17H22BF2NO3. The van der Waals surface area contributed by atoms with E-state index in [1.54, 1.807) is 0 Å². The van der Waals surface area contributed by atoms with Gasteiger partial charge in [-0.15, -0.1) is 0 Å². The van der Waals surface area contributed by atoms with E-state index in [0.29, 0.717) is 0 Å². The van der Waals surface area contributed by atoms with Crippen molar-refractivity contribution >= 4 is 18.5 Å². The van der Waals surface area contributed by atoms with E-state index in [2.05, 4.69) is 5.32 Å². The lowest BCUT2D eigenvalue weighted by Gasteiger charge is -2.32. The third-order valence-electron chi connectivity index (χ3n) is 5.28. The van der Waals surface area contributed by atoms with Gasteiger partial charge in [0.05, 0.1) is 16.8 Å². The standard InChI is InChI=1S/C17H22BF2NO3/c1-16(2)17(3,4)24-18(23-16)12-8-11(13(19)9-14(12)20)15(22)21-10-6-5-7-10/h8-10H,5-7H2,1-4H3,(H,21,22). The monoisotopic (exact) mass is 337 g/mol. The molecule has 0 spiro atoms. The number of halogens is 2. The van der Waals surface area contributed by atoms with Crippen LogP contribution in [0.4, 0.5) is 8.78 Å². The van der Waals surface area contributed by atoms with Gasteiger partial charge in [-0.25, -0.2) is 8.78 Å². The van der Waals surface area contributed by atoms with Crippen LogP contribution in [0.2, 0.25) is 0 Å². The Morgan fingerprint density at radius 3 is 2.21 bits per heavy atom. The van der Waals surface area contributed by atoms with Crippen LogP contribution < -0.4 is 10.8 Å². The molecule has 1 aliphatic heterocycles. The number of carbonyl (C=O) groups is 1. The van der Waals surface area contributed by atoms with E-state index >= 15 is 0 Å². The molecule has 0 unspecified atom stereocenters. The molecular weight excluding hydrogens is 315 g/mol. The molecule has 7 heteroatoms. The summed E-state index contributed by atoms with van der Waals surface area (Å²) in [6.45, 7) is 7.38. The highest BCUT2D eigenvalue weighted by Gasteiger charge is 2.52. The zero-order chi connectivity index (χ0) is 17.7. The van der Waals surface area contributed by atoms with Crippen LogP contribution in [0.3, 0.4) is 0 Å². The van der Waals surface area contributed by atoms with Crippen molar-refractivity contribution in [1.29, 1.82) is 0 Å². The van der Waals surface area contributed by atoms with Crippen LogP contribution in [0, 0.1) is 11.6 Å². The van der Waals surface area contributed by atoms with Gasteiger partial charge < -0.3 is 14.6 Å². The summed E-state index contributed by atoms with van der Waals surface area (Å²) in [6.07, 6.45) is 2.83. The van der Waals surface area contributed by atoms with E-state index in [4.69, 9.17) is 9.31 Å². The van der Waals surface area contributed by atoms with Gasteiger partial charge in [0.25, 0.3) is 5.91 Å². The van der Waals surface area contributed by atoms with Gasteiger partial charge >= 0.3 is 7.12 Å². The molecule has 0 bridgehead atoms. The van der Waals surface area contributed by atoms with E-state index in [1.165, 1.54) is 6.07 Å². The fourth-order valence-electron chi connectivity index (χ4n) is 2.71. The summed E-state index contributed by atoms with van der Waals surface area (Å²) in [5, 5.41) is 2.76. The van der Waals surface area contributed by atoms with E-state index in [-0.39, 0.29) is 17.1 Å². The van der Waals surface area contributed by atoms with Crippen molar-refractivity contribution in [2.45, 2.75) is 64.2 Å². The van der Waals surface area contributed by atoms with Crippen LogP contribution in [0.5, 0.6) is 0 Å². The van der Waals surface area contributed by atoms with E-state index in [9.17, 15) is 13.6 Å². The fourth-order valence-corrected chi connectivity index (χ4v) is 2.71. The summed E-state index contributed by atoms with van der Waals surface area (Å²) in [5.41, 5.74) is -1.44. The maximum absolute atomic E-state index is 14.3. The summed E-state index contributed by atoms with van der Waals surface area (Å²) in [4.78, 5) is 12.2. The molecule has 1 saturated carbocycles. The van der Waals surface area contributed by atoms with Gasteiger partial charge in [0.2, 0.25) is 0 Å². The molecule has 2 aliphatic rings. The molecule has 0 radical (unpaired) electrons. The summed E-state index contributed by atoms with van der Waals surface area (Å²) in [5.74, 6) is -2.20. The van der Waals surface area contributed by atoms with Gasteiger partial charge in [0, 0.05) is 17.6 Å². The molecule has 1 aromatic carbocycles. The van der Waals surface area contributed by atoms with Crippen LogP contribution in [0.25, 0.3) is 0 Å². The second kappa shape index (κ2) is 5.81. The van der Waals surface area contributed by atoms with Crippen LogP contribution in [-0.2, 0) is 9.31 Å². The third kappa shape index (κ3) is 2.95. The Labute approximate surface area is 141 Å². The van der Waals surface area contributed by atoms with Crippen LogP contribution in [-0.4, -0.2) is 30.3 Å². The normalized spacial score (nSPS) is 22.3. The average molecular weight is 337 g/mol. The SMILES string of the molecule is CC1(C)OB(c2cc(C(=O)NC3CCC3)c(F)cc2F)OC1(C)C. The molecule has 3 rings (SSSR count). The first-order chi connectivity index (χ1) is 11.1. The minimum absolute atomic E-state index is 0.0359. The highest BCUT2D eigenvalue weighted by molar-refractivity contribution is 6.62. The summed E-state index contributed by atoms with van der Waals surface area (Å²) < 4.78 is 39.9. The first-order valence-corrected chi connectivity index (χ1v) is 8.26. The summed E-state index contributed by atoms with van der Waals surface area (Å²) in [7, 11) is -0.981. The molecule has 1 aliphatic carbocycles. The quantitative estimate of drug-likeness (QED) is 0.863. The molecule has 0 atom stereocenters. The van der Waals surface area contributed by atoms with Crippen LogP contribution >= 0.6 is 0 Å². The van der Waals surface area contributed by atoms with Crippen molar-refractivity contribution < 1.29 is 22.9 Å². The van der Waals surface area contributed by atoms with Crippen LogP contribution in [0.15, 0.2) is 12.1 Å². The summed E-state index contributed by atoms with van der Waals surface area (Å²) in [6, 6.07) is 1.99. The number of benzene rings is 1. The summed E-state index contributed by atoms with van der Waals surface area (Å²) >= 11 is 0. The van der Waals surface area contributed by atoms with Crippen molar-refractivity contribution in [2.24, 2.45) is 0 Å². The zero-order valence-electron chi connectivity index (χ0n) is 14.4. The molecule has 0 aromatic heterocycles. The molecule has 1 saturated heterocycles. The highest BCUT2D eigenvalue weighted by Crippen LogP contribution is 2.36. The minimum atomic E-state index is -0.981. The lowest BCUT2D eigenvalue weighted by atomic mass is 9.77. The number of amides is 1. The average Bonchev–Trinajstić information content (AvgIpc) is 2.62. The van der Waals surface area contributed by atoms with Gasteiger partial charge in [-0.3, -0.25) is 4.79 Å². The molecule has 2 fully saturated rings. The van der Waals surface area contributed by atoms with Gasteiger partial charge in [0.1, 0.15) is 11.6 Å². The second-order valence-corrected chi connectivity index (χ2v) is 7.54. The molecule has 1 amide bonds. The van der Waals surface area contributed by atoms with Crippen molar-refractivity contribution in [2.75, 3.05) is 0 Å². The maximum atomic E-state index is 14.3. The van der Waals surface area contributed by atoms with Gasteiger partial charge in [-0.05, 0) is 53.0 Å². The number of hydrogen-bond donors (Lipinski definition) is 1. The smallest absolute Gasteiger partial charge is 0.399 e. The Kier molecular flexibility index (Phi) is 4.20. The topological polar surface area (TPSA) is 47.6 Å². The number of carbonyl (C=O) groups excluding carboxylic acids is 1. The number of hydrogen-bond acceptors (Lipinski definition) is 3. The molecule has 1 heterocycles. The molecule has 1 N–H and O–H groups in total. The highest BCUT2D eigenvalue weighted by atomic mass is 19.1. The first-order valence-electron chi connectivity index (χ1n) is 8.26. The molecule has 1 aromatic rings.